The zero-order chi connectivity index (χ0) is 12.3. The second-order valence-corrected chi connectivity index (χ2v) is 5.85. The summed E-state index contributed by atoms with van der Waals surface area (Å²) in [7, 11) is -3.35. The Morgan fingerprint density at radius 1 is 1.18 bits per heavy atom. The van der Waals surface area contributed by atoms with Crippen LogP contribution in [0, 0.1) is 6.92 Å². The molecule has 5 heteroatoms. The van der Waals surface area contributed by atoms with Gasteiger partial charge in [0.2, 0.25) is 10.0 Å². The van der Waals surface area contributed by atoms with E-state index in [-0.39, 0.29) is 0 Å². The fraction of sp³-hybridized carbons (Fsp3) is 0.417. The summed E-state index contributed by atoms with van der Waals surface area (Å²) in [5, 5.41) is 0. The molecule has 1 aromatic rings. The molecule has 2 rings (SSSR count). The zero-order valence-corrected chi connectivity index (χ0v) is 10.4. The average Bonchev–Trinajstić information content (AvgIpc) is 2.40. The van der Waals surface area contributed by atoms with E-state index in [0.29, 0.717) is 37.6 Å². The van der Waals surface area contributed by atoms with E-state index in [2.05, 4.69) is 6.92 Å². The number of ether oxygens (including phenoxy) is 1. The van der Waals surface area contributed by atoms with Gasteiger partial charge in [-0.15, -0.1) is 0 Å². The normalized spacial score (nSPS) is 18.2. The van der Waals surface area contributed by atoms with Crippen molar-refractivity contribution < 1.29 is 13.2 Å². The highest BCUT2D eigenvalue weighted by atomic mass is 32.2. The second kappa shape index (κ2) is 5.16. The largest absolute Gasteiger partial charge is 0.379 e. The topological polar surface area (TPSA) is 46.6 Å². The Bertz CT molecular complexity index is 461. The monoisotopic (exact) mass is 254 g/mol. The molecular formula is C12H16NO3S. The van der Waals surface area contributed by atoms with Gasteiger partial charge in [-0.3, -0.25) is 0 Å². The molecule has 93 valence electrons. The van der Waals surface area contributed by atoms with Crippen LogP contribution < -0.4 is 0 Å². The summed E-state index contributed by atoms with van der Waals surface area (Å²) >= 11 is 0. The van der Waals surface area contributed by atoms with Crippen LogP contribution in [0.15, 0.2) is 29.2 Å². The van der Waals surface area contributed by atoms with E-state index in [1.165, 1.54) is 4.31 Å². The van der Waals surface area contributed by atoms with Crippen molar-refractivity contribution in [3.8, 4) is 0 Å². The van der Waals surface area contributed by atoms with Crippen molar-refractivity contribution in [1.82, 2.24) is 4.31 Å². The quantitative estimate of drug-likeness (QED) is 0.811. The Morgan fingerprint density at radius 3 is 2.29 bits per heavy atom. The maximum Gasteiger partial charge on any atom is 0.243 e. The van der Waals surface area contributed by atoms with Gasteiger partial charge in [0, 0.05) is 13.1 Å². The zero-order valence-electron chi connectivity index (χ0n) is 9.63. The smallest absolute Gasteiger partial charge is 0.243 e. The van der Waals surface area contributed by atoms with E-state index in [1.54, 1.807) is 24.3 Å². The Morgan fingerprint density at radius 2 is 1.76 bits per heavy atom. The fourth-order valence-corrected chi connectivity index (χ4v) is 3.17. The molecule has 0 aromatic heterocycles. The lowest BCUT2D eigenvalue weighted by atomic mass is 10.2. The van der Waals surface area contributed by atoms with Crippen molar-refractivity contribution >= 4 is 10.0 Å². The minimum atomic E-state index is -3.35. The van der Waals surface area contributed by atoms with Crippen LogP contribution in [0.5, 0.6) is 0 Å². The summed E-state index contributed by atoms with van der Waals surface area (Å²) in [6, 6.07) is 6.90. The molecule has 4 nitrogen and oxygen atoms in total. The summed E-state index contributed by atoms with van der Waals surface area (Å²) in [4.78, 5) is 0.344. The van der Waals surface area contributed by atoms with Gasteiger partial charge in [-0.1, -0.05) is 12.1 Å². The fourth-order valence-electron chi connectivity index (χ4n) is 1.76. The molecule has 1 heterocycles. The number of morpholine rings is 1. The van der Waals surface area contributed by atoms with Crippen LogP contribution in [0.4, 0.5) is 0 Å². The predicted molar refractivity (Wildman–Crippen MR) is 65.1 cm³/mol. The molecule has 1 aliphatic heterocycles. The standard InChI is InChI=1S/C12H16NO3S/c1-2-11-3-5-12(6-4-11)17(14,15)13-7-9-16-10-8-13/h3-6H,1-2,7-10H2. The number of nitrogens with zero attached hydrogens (tertiary/aromatic N) is 1. The molecule has 0 spiro atoms. The van der Waals surface area contributed by atoms with Gasteiger partial charge in [-0.05, 0) is 31.0 Å². The number of hydrogen-bond donors (Lipinski definition) is 0. The molecule has 0 atom stereocenters. The predicted octanol–water partition coefficient (Wildman–Crippen LogP) is 1.08. The highest BCUT2D eigenvalue weighted by Crippen LogP contribution is 2.17. The van der Waals surface area contributed by atoms with Crippen LogP contribution in [0.1, 0.15) is 5.56 Å². The SMILES string of the molecule is [CH2]Cc1ccc(S(=O)(=O)N2CCOCC2)cc1. The third kappa shape index (κ3) is 2.68. The van der Waals surface area contributed by atoms with Crippen LogP contribution in [0.2, 0.25) is 0 Å². The van der Waals surface area contributed by atoms with E-state index in [1.807, 2.05) is 0 Å². The lowest BCUT2D eigenvalue weighted by Gasteiger charge is -2.26. The minimum Gasteiger partial charge on any atom is -0.379 e. The number of hydrogen-bond acceptors (Lipinski definition) is 3. The average molecular weight is 254 g/mol. The van der Waals surface area contributed by atoms with Gasteiger partial charge < -0.3 is 4.74 Å². The first-order valence-corrected chi connectivity index (χ1v) is 7.04. The number of benzene rings is 1. The summed E-state index contributed by atoms with van der Waals surface area (Å²) in [5.74, 6) is 0. The third-order valence-electron chi connectivity index (χ3n) is 2.82. The van der Waals surface area contributed by atoms with Crippen LogP contribution in [-0.2, 0) is 21.2 Å². The summed E-state index contributed by atoms with van der Waals surface area (Å²) in [6.45, 7) is 5.56. The molecule has 17 heavy (non-hydrogen) atoms. The number of sulfonamides is 1. The lowest BCUT2D eigenvalue weighted by Crippen LogP contribution is -2.40. The molecule has 0 N–H and O–H groups in total. The molecule has 1 aliphatic rings. The summed E-state index contributed by atoms with van der Waals surface area (Å²) in [5.41, 5.74) is 1.03. The maximum absolute atomic E-state index is 12.2. The lowest BCUT2D eigenvalue weighted by molar-refractivity contribution is 0.0730. The summed E-state index contributed by atoms with van der Waals surface area (Å²) < 4.78 is 31.1. The van der Waals surface area contributed by atoms with Crippen molar-refractivity contribution in [3.05, 3.63) is 36.8 Å². The van der Waals surface area contributed by atoms with Gasteiger partial charge in [0.1, 0.15) is 0 Å². The van der Waals surface area contributed by atoms with Crippen LogP contribution in [0.3, 0.4) is 0 Å². The van der Waals surface area contributed by atoms with Crippen LogP contribution >= 0.6 is 0 Å². The Labute approximate surface area is 102 Å². The van der Waals surface area contributed by atoms with Crippen molar-refractivity contribution in [2.24, 2.45) is 0 Å². The molecule has 1 saturated heterocycles. The first-order chi connectivity index (χ1) is 8.14. The highest BCUT2D eigenvalue weighted by molar-refractivity contribution is 7.89. The first kappa shape index (κ1) is 12.5. The number of rotatable bonds is 3. The van der Waals surface area contributed by atoms with Crippen molar-refractivity contribution in [3.63, 3.8) is 0 Å². The van der Waals surface area contributed by atoms with Crippen LogP contribution in [0.25, 0.3) is 0 Å². The molecule has 0 amide bonds. The minimum absolute atomic E-state index is 0.344. The molecule has 0 unspecified atom stereocenters. The van der Waals surface area contributed by atoms with Crippen molar-refractivity contribution in [1.29, 1.82) is 0 Å². The molecule has 1 fully saturated rings. The molecule has 0 aliphatic carbocycles. The molecule has 0 saturated carbocycles. The van der Waals surface area contributed by atoms with Gasteiger partial charge in [0.15, 0.2) is 0 Å². The molecule has 0 bridgehead atoms. The van der Waals surface area contributed by atoms with Gasteiger partial charge in [-0.2, -0.15) is 4.31 Å². The Kier molecular flexibility index (Phi) is 3.81. The Hall–Kier alpha value is -0.910. The maximum atomic E-state index is 12.2. The van der Waals surface area contributed by atoms with E-state index < -0.39 is 10.0 Å². The van der Waals surface area contributed by atoms with Gasteiger partial charge >= 0.3 is 0 Å². The molecular weight excluding hydrogens is 238 g/mol. The van der Waals surface area contributed by atoms with Crippen LogP contribution in [-0.4, -0.2) is 39.0 Å². The molecule has 1 radical (unpaired) electrons. The van der Waals surface area contributed by atoms with E-state index in [9.17, 15) is 8.42 Å². The van der Waals surface area contributed by atoms with E-state index >= 15 is 0 Å². The third-order valence-corrected chi connectivity index (χ3v) is 4.73. The van der Waals surface area contributed by atoms with E-state index in [0.717, 1.165) is 5.56 Å². The first-order valence-electron chi connectivity index (χ1n) is 5.60. The van der Waals surface area contributed by atoms with Gasteiger partial charge in [0.25, 0.3) is 0 Å². The van der Waals surface area contributed by atoms with Crippen molar-refractivity contribution in [2.45, 2.75) is 11.3 Å². The Balaban J connectivity index is 2.23. The van der Waals surface area contributed by atoms with Crippen molar-refractivity contribution in [2.75, 3.05) is 26.3 Å². The van der Waals surface area contributed by atoms with E-state index in [4.69, 9.17) is 4.74 Å². The highest BCUT2D eigenvalue weighted by Gasteiger charge is 2.25. The molecule has 1 aromatic carbocycles. The second-order valence-electron chi connectivity index (χ2n) is 3.91. The van der Waals surface area contributed by atoms with Gasteiger partial charge in [0.05, 0.1) is 18.1 Å². The van der Waals surface area contributed by atoms with Gasteiger partial charge in [-0.25, -0.2) is 8.42 Å². The summed E-state index contributed by atoms with van der Waals surface area (Å²) in [6.07, 6.45) is 0.665.